The van der Waals surface area contributed by atoms with E-state index in [9.17, 15) is 14.9 Å². The van der Waals surface area contributed by atoms with Gasteiger partial charge in [0, 0.05) is 18.2 Å². The van der Waals surface area contributed by atoms with Crippen molar-refractivity contribution in [3.8, 4) is 0 Å². The van der Waals surface area contributed by atoms with E-state index >= 15 is 0 Å². The zero-order valence-corrected chi connectivity index (χ0v) is 12.0. The van der Waals surface area contributed by atoms with Crippen molar-refractivity contribution in [2.24, 2.45) is 0 Å². The number of benzene rings is 1. The van der Waals surface area contributed by atoms with E-state index in [4.69, 9.17) is 0 Å². The van der Waals surface area contributed by atoms with E-state index in [2.05, 4.69) is 10.6 Å². The molecule has 1 aromatic rings. The summed E-state index contributed by atoms with van der Waals surface area (Å²) < 4.78 is 0. The van der Waals surface area contributed by atoms with Gasteiger partial charge in [-0.2, -0.15) is 0 Å². The Morgan fingerprint density at radius 2 is 2.25 bits per heavy atom. The fraction of sp³-hybridized carbons (Fsp3) is 0.462. The van der Waals surface area contributed by atoms with Crippen LogP contribution in [0.15, 0.2) is 18.2 Å². The van der Waals surface area contributed by atoms with E-state index in [0.29, 0.717) is 12.1 Å². The van der Waals surface area contributed by atoms with Crippen molar-refractivity contribution in [2.75, 3.05) is 13.1 Å². The highest BCUT2D eigenvalue weighted by molar-refractivity contribution is 5.98. The van der Waals surface area contributed by atoms with E-state index in [1.54, 1.807) is 19.1 Å². The second-order valence-corrected chi connectivity index (χ2v) is 4.74. The molecule has 1 saturated heterocycles. The molecule has 1 aromatic carbocycles. The Balaban J connectivity index is 0.00000200. The van der Waals surface area contributed by atoms with Gasteiger partial charge in [-0.3, -0.25) is 14.9 Å². The summed E-state index contributed by atoms with van der Waals surface area (Å²) in [5.41, 5.74) is 0.527. The third-order valence-corrected chi connectivity index (χ3v) is 3.30. The lowest BCUT2D eigenvalue weighted by Crippen LogP contribution is -2.45. The topological polar surface area (TPSA) is 84.3 Å². The lowest BCUT2D eigenvalue weighted by Gasteiger charge is -2.23. The summed E-state index contributed by atoms with van der Waals surface area (Å²) >= 11 is 0. The van der Waals surface area contributed by atoms with Gasteiger partial charge in [0.2, 0.25) is 0 Å². The predicted octanol–water partition coefficient (Wildman–Crippen LogP) is 1.81. The van der Waals surface area contributed by atoms with Gasteiger partial charge >= 0.3 is 0 Å². The summed E-state index contributed by atoms with van der Waals surface area (Å²) in [6.07, 6.45) is 1.90. The Hall–Kier alpha value is -1.66. The van der Waals surface area contributed by atoms with Gasteiger partial charge in [0.1, 0.15) is 5.56 Å². The Labute approximate surface area is 123 Å². The molecule has 0 saturated carbocycles. The van der Waals surface area contributed by atoms with Crippen LogP contribution < -0.4 is 10.6 Å². The van der Waals surface area contributed by atoms with Gasteiger partial charge in [-0.1, -0.05) is 12.1 Å². The molecule has 6 nitrogen and oxygen atoms in total. The van der Waals surface area contributed by atoms with Crippen molar-refractivity contribution < 1.29 is 9.72 Å². The number of carbonyl (C=O) groups excluding carboxylic acids is 1. The molecule has 0 aliphatic carbocycles. The van der Waals surface area contributed by atoms with E-state index in [-0.39, 0.29) is 35.6 Å². The Bertz CT molecular complexity index is 502. The first-order valence-corrected chi connectivity index (χ1v) is 6.35. The quantitative estimate of drug-likeness (QED) is 0.658. The zero-order valence-electron chi connectivity index (χ0n) is 11.2. The van der Waals surface area contributed by atoms with Gasteiger partial charge in [0.05, 0.1) is 4.92 Å². The normalized spacial score (nSPS) is 17.9. The third-order valence-electron chi connectivity index (χ3n) is 3.30. The van der Waals surface area contributed by atoms with Gasteiger partial charge in [0.25, 0.3) is 11.6 Å². The largest absolute Gasteiger partial charge is 0.348 e. The van der Waals surface area contributed by atoms with Crippen molar-refractivity contribution >= 4 is 24.0 Å². The Morgan fingerprint density at radius 1 is 1.50 bits per heavy atom. The minimum atomic E-state index is -0.497. The number of rotatable bonds is 3. The molecule has 1 aliphatic rings. The van der Waals surface area contributed by atoms with Crippen LogP contribution in [0.4, 0.5) is 5.69 Å². The van der Waals surface area contributed by atoms with E-state index in [1.807, 2.05) is 0 Å². The third kappa shape index (κ3) is 3.68. The van der Waals surface area contributed by atoms with Crippen LogP contribution in [-0.4, -0.2) is 30.0 Å². The molecule has 1 heterocycles. The minimum Gasteiger partial charge on any atom is -0.348 e. The van der Waals surface area contributed by atoms with Crippen LogP contribution in [0.25, 0.3) is 0 Å². The Kier molecular flexibility index (Phi) is 5.91. The molecule has 0 radical (unpaired) electrons. The first kappa shape index (κ1) is 16.4. The van der Waals surface area contributed by atoms with Crippen molar-refractivity contribution in [1.29, 1.82) is 0 Å². The number of piperidine rings is 1. The second kappa shape index (κ2) is 7.21. The summed E-state index contributed by atoms with van der Waals surface area (Å²) in [5.74, 6) is -0.371. The van der Waals surface area contributed by atoms with Crippen molar-refractivity contribution in [2.45, 2.75) is 25.8 Å². The average Bonchev–Trinajstić information content (AvgIpc) is 2.39. The number of para-hydroxylation sites is 1. The standard InChI is InChI=1S/C13H17N3O3.ClH/c1-9-4-2-6-11(12(9)16(18)19)13(17)15-10-5-3-7-14-8-10;/h2,4,6,10,14H,3,5,7-8H2,1H3,(H,15,17);1H/t10-;/m1./s1. The highest BCUT2D eigenvalue weighted by atomic mass is 35.5. The van der Waals surface area contributed by atoms with Crippen molar-refractivity contribution in [1.82, 2.24) is 10.6 Å². The number of carbonyl (C=O) groups is 1. The molecule has 0 unspecified atom stereocenters. The van der Waals surface area contributed by atoms with Crippen LogP contribution in [0.5, 0.6) is 0 Å². The maximum atomic E-state index is 12.1. The number of halogens is 1. The number of nitro groups is 1. The summed E-state index contributed by atoms with van der Waals surface area (Å²) in [5, 5.41) is 17.1. The molecule has 20 heavy (non-hydrogen) atoms. The molecule has 7 heteroatoms. The maximum Gasteiger partial charge on any atom is 0.285 e. The smallest absolute Gasteiger partial charge is 0.285 e. The van der Waals surface area contributed by atoms with E-state index in [1.165, 1.54) is 6.07 Å². The van der Waals surface area contributed by atoms with Crippen LogP contribution in [0.1, 0.15) is 28.8 Å². The highest BCUT2D eigenvalue weighted by Crippen LogP contribution is 2.23. The van der Waals surface area contributed by atoms with Crippen LogP contribution in [0.2, 0.25) is 0 Å². The van der Waals surface area contributed by atoms with Gasteiger partial charge in [0.15, 0.2) is 0 Å². The zero-order chi connectivity index (χ0) is 13.8. The van der Waals surface area contributed by atoms with Crippen LogP contribution in [0, 0.1) is 17.0 Å². The molecule has 0 bridgehead atoms. The second-order valence-electron chi connectivity index (χ2n) is 4.74. The average molecular weight is 300 g/mol. The lowest BCUT2D eigenvalue weighted by atomic mass is 10.0. The molecule has 1 fully saturated rings. The molecule has 110 valence electrons. The van der Waals surface area contributed by atoms with Gasteiger partial charge in [-0.25, -0.2) is 0 Å². The molecule has 2 N–H and O–H groups in total. The summed E-state index contributed by atoms with van der Waals surface area (Å²) in [6.45, 7) is 3.30. The first-order valence-electron chi connectivity index (χ1n) is 6.35. The van der Waals surface area contributed by atoms with Gasteiger partial charge < -0.3 is 10.6 Å². The summed E-state index contributed by atoms with van der Waals surface area (Å²) in [6, 6.07) is 4.84. The van der Waals surface area contributed by atoms with Gasteiger partial charge in [-0.15, -0.1) is 12.4 Å². The maximum absolute atomic E-state index is 12.1. The fourth-order valence-electron chi connectivity index (χ4n) is 2.32. The monoisotopic (exact) mass is 299 g/mol. The van der Waals surface area contributed by atoms with E-state index in [0.717, 1.165) is 19.4 Å². The van der Waals surface area contributed by atoms with Crippen LogP contribution in [-0.2, 0) is 0 Å². The summed E-state index contributed by atoms with van der Waals surface area (Å²) in [4.78, 5) is 22.7. The molecule has 2 rings (SSSR count). The van der Waals surface area contributed by atoms with Crippen molar-refractivity contribution in [3.63, 3.8) is 0 Å². The summed E-state index contributed by atoms with van der Waals surface area (Å²) in [7, 11) is 0. The molecular formula is C13H18ClN3O3. The number of hydrogen-bond acceptors (Lipinski definition) is 4. The number of nitrogens with one attached hydrogen (secondary N) is 2. The number of hydrogen-bond donors (Lipinski definition) is 2. The number of nitro benzene ring substituents is 1. The minimum absolute atomic E-state index is 0. The Morgan fingerprint density at radius 3 is 2.85 bits per heavy atom. The molecule has 1 amide bonds. The van der Waals surface area contributed by atoms with Gasteiger partial charge in [-0.05, 0) is 32.4 Å². The molecular weight excluding hydrogens is 282 g/mol. The SMILES string of the molecule is Cc1cccc(C(=O)N[C@@H]2CCCNC2)c1[N+](=O)[O-].Cl. The van der Waals surface area contributed by atoms with Crippen LogP contribution >= 0.6 is 12.4 Å². The highest BCUT2D eigenvalue weighted by Gasteiger charge is 2.24. The fourth-order valence-corrected chi connectivity index (χ4v) is 2.32. The number of nitrogens with zero attached hydrogens (tertiary/aromatic N) is 1. The van der Waals surface area contributed by atoms with Crippen LogP contribution in [0.3, 0.4) is 0 Å². The molecule has 1 atom stereocenters. The number of aryl methyl sites for hydroxylation is 1. The molecule has 1 aliphatic heterocycles. The lowest BCUT2D eigenvalue weighted by molar-refractivity contribution is -0.385. The molecule has 0 spiro atoms. The number of amides is 1. The first-order chi connectivity index (χ1) is 9.09. The van der Waals surface area contributed by atoms with Crippen molar-refractivity contribution in [3.05, 3.63) is 39.4 Å². The predicted molar refractivity (Wildman–Crippen MR) is 78.4 cm³/mol. The van der Waals surface area contributed by atoms with E-state index < -0.39 is 4.92 Å². The molecule has 0 aromatic heterocycles.